The Balaban J connectivity index is 0.883. The average molecular weight is 2120 g/mol. The van der Waals surface area contributed by atoms with Crippen molar-refractivity contribution in [3.8, 4) is 0 Å². The number of imidazole rings is 1. The van der Waals surface area contributed by atoms with Crippen molar-refractivity contribution < 1.29 is 121 Å². The van der Waals surface area contributed by atoms with E-state index >= 15 is 33.6 Å². The van der Waals surface area contributed by atoms with Gasteiger partial charge in [0.25, 0.3) is 0 Å². The van der Waals surface area contributed by atoms with Gasteiger partial charge in [0, 0.05) is 156 Å². The molecular weight excluding hydrogens is 1990 g/mol. The number of fused-ring (bicyclic) bond motifs is 3. The van der Waals surface area contributed by atoms with Crippen LogP contribution in [0.3, 0.4) is 0 Å². The number of para-hydroxylation sites is 1. The Bertz CT molecular complexity index is 5950. The number of H-pyrrole nitrogens is 3. The van der Waals surface area contributed by atoms with Gasteiger partial charge in [-0.1, -0.05) is 102 Å². The Labute approximate surface area is 869 Å². The number of rotatable bonds is 40. The lowest BCUT2D eigenvalue weighted by Gasteiger charge is -2.33. The third-order valence-electron chi connectivity index (χ3n) is 26.4. The molecule has 810 valence electrons. The molecule has 7 heterocycles. The summed E-state index contributed by atoms with van der Waals surface area (Å²) in [5.41, 5.74) is 14.4. The van der Waals surface area contributed by atoms with Gasteiger partial charge in [0.05, 0.1) is 51.5 Å². The Kier molecular flexibility index (Phi) is 43.6. The first-order valence-corrected chi connectivity index (χ1v) is 52.0. The van der Waals surface area contributed by atoms with Crippen LogP contribution in [0.4, 0.5) is 0 Å². The van der Waals surface area contributed by atoms with Gasteiger partial charge in [-0.05, 0) is 110 Å². The molecule has 11 rings (SSSR count). The molecule has 25 N–H and O–H groups in total. The number of carboxylic acid groups (broad SMARTS) is 4. The van der Waals surface area contributed by atoms with Crippen molar-refractivity contribution in [1.82, 2.24) is 119 Å². The third-order valence-corrected chi connectivity index (χ3v) is 28.8. The number of benzene rings is 3. The maximum atomic E-state index is 15.9. The maximum Gasteiger partial charge on any atom is 0.317 e. The molecule has 3 saturated heterocycles. The van der Waals surface area contributed by atoms with Gasteiger partial charge in [0.2, 0.25) is 94.5 Å². The molecule has 0 radical (unpaired) electrons. The summed E-state index contributed by atoms with van der Waals surface area (Å²) >= 11 is 0. The predicted octanol–water partition coefficient (Wildman–Crippen LogP) is -4.01. The molecule has 7 aromatic rings. The molecule has 50 nitrogen and oxygen atoms in total. The minimum Gasteiger partial charge on any atom is -0.481 e. The molecular formula is C98H131N25O25S2. The Morgan fingerprint density at radius 1 is 0.520 bits per heavy atom. The van der Waals surface area contributed by atoms with Crippen molar-refractivity contribution in [3.63, 3.8) is 0 Å². The number of nitrogens with one attached hydrogen (secondary N) is 16. The summed E-state index contributed by atoms with van der Waals surface area (Å²) in [4.78, 5) is 309. The Morgan fingerprint density at radius 3 is 1.73 bits per heavy atom. The number of hydrogen-bond acceptors (Lipinski definition) is 29. The van der Waals surface area contributed by atoms with Crippen LogP contribution in [-0.4, -0.2) is 381 Å². The molecule has 16 amide bonds. The largest absolute Gasteiger partial charge is 0.481 e. The van der Waals surface area contributed by atoms with Gasteiger partial charge in [0.1, 0.15) is 84.2 Å². The highest BCUT2D eigenvalue weighted by Gasteiger charge is 2.44. The number of carbonyl (C=O) groups is 20. The van der Waals surface area contributed by atoms with Crippen LogP contribution in [0.15, 0.2) is 110 Å². The summed E-state index contributed by atoms with van der Waals surface area (Å²) < 4.78 is 0. The first-order valence-electron chi connectivity index (χ1n) is 49.6. The fourth-order valence-corrected chi connectivity index (χ4v) is 20.8. The van der Waals surface area contributed by atoms with E-state index in [1.54, 1.807) is 98.6 Å². The lowest BCUT2D eigenvalue weighted by molar-refractivity contribution is -0.143. The molecule has 4 fully saturated rings. The number of pyridine rings is 1. The first-order chi connectivity index (χ1) is 71.7. The van der Waals surface area contributed by atoms with E-state index in [9.17, 15) is 87.9 Å². The summed E-state index contributed by atoms with van der Waals surface area (Å²) in [5.74, 6) is -23.4. The molecule has 1 aliphatic carbocycles. The van der Waals surface area contributed by atoms with E-state index in [0.717, 1.165) is 16.3 Å². The number of aromatic nitrogens is 5. The van der Waals surface area contributed by atoms with Crippen molar-refractivity contribution in [2.75, 3.05) is 103 Å². The van der Waals surface area contributed by atoms with Crippen LogP contribution >= 0.6 is 21.6 Å². The number of hydrogen-bond donors (Lipinski definition) is 23. The van der Waals surface area contributed by atoms with Crippen LogP contribution in [0.2, 0.25) is 0 Å². The summed E-state index contributed by atoms with van der Waals surface area (Å²) in [6.45, 7) is 3.44. The highest BCUT2D eigenvalue weighted by molar-refractivity contribution is 8.76. The van der Waals surface area contributed by atoms with Gasteiger partial charge in [-0.15, -0.1) is 0 Å². The zero-order chi connectivity index (χ0) is 108. The van der Waals surface area contributed by atoms with Gasteiger partial charge in [-0.2, -0.15) is 0 Å². The fourth-order valence-electron chi connectivity index (χ4n) is 18.5. The second-order valence-electron chi connectivity index (χ2n) is 37.8. The monoisotopic (exact) mass is 2120 g/mol. The Hall–Kier alpha value is -14.7. The summed E-state index contributed by atoms with van der Waals surface area (Å²) in [6.07, 6.45) is 4.90. The lowest BCUT2D eigenvalue weighted by Crippen LogP contribution is -2.63. The van der Waals surface area contributed by atoms with Gasteiger partial charge in [-0.25, -0.2) is 9.97 Å². The third kappa shape index (κ3) is 35.2. The van der Waals surface area contributed by atoms with E-state index in [0.29, 0.717) is 86.8 Å². The molecule has 0 bridgehead atoms. The van der Waals surface area contributed by atoms with Crippen LogP contribution in [0.5, 0.6) is 0 Å². The molecule has 3 aliphatic heterocycles. The predicted molar refractivity (Wildman–Crippen MR) is 545 cm³/mol. The second-order valence-corrected chi connectivity index (χ2v) is 40.3. The summed E-state index contributed by atoms with van der Waals surface area (Å²) in [7, 11) is 1.42. The summed E-state index contributed by atoms with van der Waals surface area (Å²) in [5, 5.41) is 87.6. The van der Waals surface area contributed by atoms with E-state index in [4.69, 9.17) is 11.5 Å². The van der Waals surface area contributed by atoms with Crippen LogP contribution in [0.25, 0.3) is 32.7 Å². The average Bonchev–Trinajstić information content (AvgIpc) is 1.64. The molecule has 14 atom stereocenters. The molecule has 4 aromatic heterocycles. The number of amides is 16. The van der Waals surface area contributed by atoms with E-state index in [2.05, 4.69) is 94.0 Å². The van der Waals surface area contributed by atoms with E-state index in [1.807, 2.05) is 6.07 Å². The number of aromatic amines is 3. The number of unbranched alkanes of at least 4 members (excludes halogenated alkanes) is 1. The van der Waals surface area contributed by atoms with Crippen LogP contribution in [-0.2, 0) is 122 Å². The Morgan fingerprint density at radius 2 is 1.09 bits per heavy atom. The summed E-state index contributed by atoms with van der Waals surface area (Å²) in [6, 6.07) is 0.452. The highest BCUT2D eigenvalue weighted by atomic mass is 33.1. The van der Waals surface area contributed by atoms with E-state index < -0.39 is 246 Å². The molecule has 0 spiro atoms. The first kappa shape index (κ1) is 116. The highest BCUT2D eigenvalue weighted by Crippen LogP contribution is 2.31. The molecule has 3 aromatic carbocycles. The van der Waals surface area contributed by atoms with Crippen molar-refractivity contribution >= 4 is 173 Å². The second kappa shape index (κ2) is 56.6. The van der Waals surface area contributed by atoms with Gasteiger partial charge in [0.15, 0.2) is 0 Å². The van der Waals surface area contributed by atoms with Crippen LogP contribution < -0.4 is 80.6 Å². The number of aliphatic carboxylic acids is 4. The SMILES string of the molecule is CC(=O)N[C@@H](Cc1c[nH]c2ccccc12)C(=O)N[C@H](C(=O)N[C@H](C(=O)N[C@H]1CSSC[C@@H](C(=O)N[C@@H](Cc2c[nH]c3ncccc23)C(=O)N2CCC[C@H]2C(=O)N[C@H](CCCCNC(=O)CN2CCN(CC(=O)O)CCN(CC(=O)O)CCN(CC(=O)O)CC2)C(N)=O)NC(=O)[C@H](CC(=O)O)NC(=O)[C@H](Cc2cnc[nH]2)NC(=O)[C@H](Cc2ccc3ccccc3c2)NC(=O)[C@H](C)NC(=O)[C@H](CC(N)=O)NC1=O)C1CCCCC1)[C@@H](C)O. The van der Waals surface area contributed by atoms with Crippen molar-refractivity contribution in [1.29, 1.82) is 0 Å². The number of aliphatic hydroxyl groups is 1. The van der Waals surface area contributed by atoms with Crippen LogP contribution in [0.1, 0.15) is 120 Å². The smallest absolute Gasteiger partial charge is 0.317 e. The zero-order valence-corrected chi connectivity index (χ0v) is 84.8. The number of carboxylic acids is 4. The topological polar surface area (TPSA) is 740 Å². The van der Waals surface area contributed by atoms with E-state index in [1.165, 1.54) is 50.6 Å². The molecule has 1 saturated carbocycles. The lowest BCUT2D eigenvalue weighted by atomic mass is 9.83. The minimum absolute atomic E-state index is 0.00424. The quantitative estimate of drug-likeness (QED) is 0.0129. The number of aliphatic hydroxyl groups excluding tert-OH is 1. The van der Waals surface area contributed by atoms with Crippen molar-refractivity contribution in [2.45, 2.75) is 208 Å². The number of primary amides is 2. The minimum atomic E-state index is -2.16. The number of carbonyl (C=O) groups excluding carboxylic acids is 16. The molecule has 150 heavy (non-hydrogen) atoms. The fraction of sp³-hybridized carbons (Fsp3) is 0.510. The standard InChI is InChI=1S/C98H131N25O25S2/c1-54-87(137)110-68(38-57-24-25-58-15-7-8-18-60(58)37-57)89(139)111-70(41-63-46-101-53-106-63)90(140)113-72(43-79(128)129)91(141)115-74(51-149-150-52-75(93(143)112-71(42-77(99)126)88(138)107-54)116-97(147)84(59-16-5-4-6-17-59)118-96(146)83(55(2)124)117-92(142)69(108-56(3)125)39-61-44-104-66-21-10-9-19-64(61)66)94(144)114-73(40-62-45-105-86-65(62)20-13-27-103-86)98(148)123-28-14-23-76(123)95(145)109-67(85(100)136)22-11-12-26-102-78(127)47-119-29-31-120(48-80(130)131)33-35-122(50-82(134)135)36-34-121(32-30-119)49-81(132)133/h7-10,13,15,18-21,24-25,27,37,44-46,53-55,59,67-76,83-84,104,124H,4-6,11-12,14,16-17,22-23,26,28-36,38-43,47-52H2,1-3H3,(H2,99,126)(H2,100,136)(H,101,106)(H,102,127)(H,103,105)(H,107,138)(H,108,125)(H,109,145)(H,110,137)(H,111,139)(H,112,143)(H,113,140)(H,114,144)(H,115,141)(H,116,147)(H,117,142)(H,118,146)(H,128,129)(H,130,131)(H,132,133)(H,134,135)/t54-,55+,67+,68-,69-,70-,71-,72-,73-,74-,75-,76-,83-,84-/m0/s1. The van der Waals surface area contributed by atoms with Gasteiger partial charge in [-0.3, -0.25) is 115 Å². The maximum absolute atomic E-state index is 15.9. The number of nitrogens with zero attached hydrogens (tertiary/aromatic N) is 7. The van der Waals surface area contributed by atoms with Crippen molar-refractivity contribution in [2.24, 2.45) is 17.4 Å². The van der Waals surface area contributed by atoms with E-state index in [-0.39, 0.29) is 142 Å². The molecule has 52 heteroatoms. The van der Waals surface area contributed by atoms with Crippen molar-refractivity contribution in [3.05, 3.63) is 132 Å². The number of likely N-dealkylation sites (tertiary alicyclic amines) is 1. The van der Waals surface area contributed by atoms with Crippen LogP contribution in [0, 0.1) is 5.92 Å². The normalized spacial score (nSPS) is 21.3. The number of nitrogens with two attached hydrogens (primary N) is 2. The molecule has 0 unspecified atom stereocenters. The molecule has 4 aliphatic rings. The zero-order valence-electron chi connectivity index (χ0n) is 83.2. The van der Waals surface area contributed by atoms with Gasteiger partial charge < -0.3 is 126 Å². The van der Waals surface area contributed by atoms with Gasteiger partial charge >= 0.3 is 23.9 Å².